The van der Waals surface area contributed by atoms with Crippen LogP contribution in [0.5, 0.6) is 17.2 Å². The van der Waals surface area contributed by atoms with Crippen molar-refractivity contribution >= 4 is 0 Å². The zero-order chi connectivity index (χ0) is 14.8. The van der Waals surface area contributed by atoms with Gasteiger partial charge in [0.1, 0.15) is 23.4 Å². The van der Waals surface area contributed by atoms with Crippen molar-refractivity contribution < 1.29 is 14.2 Å². The monoisotopic (exact) mass is 285 g/mol. The highest BCUT2D eigenvalue weighted by molar-refractivity contribution is 5.45. The average molecular weight is 285 g/mol. The average Bonchev–Trinajstić information content (AvgIpc) is 2.54. The first kappa shape index (κ1) is 13.8. The van der Waals surface area contributed by atoms with Gasteiger partial charge in [0.15, 0.2) is 0 Å². The van der Waals surface area contributed by atoms with Crippen molar-refractivity contribution in [1.29, 1.82) is 0 Å². The third-order valence-corrected chi connectivity index (χ3v) is 3.84. The number of methoxy groups -OCH3 is 2. The Morgan fingerprint density at radius 3 is 2.62 bits per heavy atom. The number of nitrogens with two attached hydrogens (primary N) is 1. The Morgan fingerprint density at radius 1 is 1.05 bits per heavy atom. The summed E-state index contributed by atoms with van der Waals surface area (Å²) in [5.41, 5.74) is 8.32. The van der Waals surface area contributed by atoms with Crippen LogP contribution in [0.4, 0.5) is 0 Å². The lowest BCUT2D eigenvalue weighted by molar-refractivity contribution is 0.157. The molecule has 4 nitrogen and oxygen atoms in total. The minimum absolute atomic E-state index is 0.0845. The SMILES string of the molecule is COc1ccc2c(c1)C(N)CC(c1ccccc1OC)O2. The Labute approximate surface area is 124 Å². The first-order valence-corrected chi connectivity index (χ1v) is 6.96. The van der Waals surface area contributed by atoms with Crippen molar-refractivity contribution in [3.8, 4) is 17.2 Å². The van der Waals surface area contributed by atoms with E-state index in [9.17, 15) is 0 Å². The molecule has 0 amide bonds. The Kier molecular flexibility index (Phi) is 3.71. The summed E-state index contributed by atoms with van der Waals surface area (Å²) in [4.78, 5) is 0. The van der Waals surface area contributed by atoms with Gasteiger partial charge in [0, 0.05) is 23.6 Å². The standard InChI is InChI=1S/C17H19NO3/c1-19-11-7-8-16-13(9-11)14(18)10-17(21-16)12-5-3-4-6-15(12)20-2/h3-9,14,17H,10,18H2,1-2H3. The van der Waals surface area contributed by atoms with E-state index in [1.807, 2.05) is 42.5 Å². The highest BCUT2D eigenvalue weighted by Gasteiger charge is 2.29. The van der Waals surface area contributed by atoms with Gasteiger partial charge in [-0.2, -0.15) is 0 Å². The van der Waals surface area contributed by atoms with Crippen molar-refractivity contribution in [3.63, 3.8) is 0 Å². The van der Waals surface area contributed by atoms with E-state index in [4.69, 9.17) is 19.9 Å². The molecule has 2 unspecified atom stereocenters. The molecule has 3 rings (SSSR count). The van der Waals surface area contributed by atoms with E-state index < -0.39 is 0 Å². The second-order valence-corrected chi connectivity index (χ2v) is 5.09. The maximum atomic E-state index is 6.31. The lowest BCUT2D eigenvalue weighted by Crippen LogP contribution is -2.24. The van der Waals surface area contributed by atoms with E-state index in [0.717, 1.165) is 28.4 Å². The van der Waals surface area contributed by atoms with Gasteiger partial charge in [0.2, 0.25) is 0 Å². The summed E-state index contributed by atoms with van der Waals surface area (Å²) in [5.74, 6) is 2.43. The fourth-order valence-corrected chi connectivity index (χ4v) is 2.73. The van der Waals surface area contributed by atoms with Crippen LogP contribution in [0.1, 0.15) is 29.7 Å². The summed E-state index contributed by atoms with van der Waals surface area (Å²) in [6.45, 7) is 0. The van der Waals surface area contributed by atoms with Gasteiger partial charge < -0.3 is 19.9 Å². The lowest BCUT2D eigenvalue weighted by atomic mass is 9.93. The molecule has 0 bridgehead atoms. The number of hydrogen-bond donors (Lipinski definition) is 1. The molecule has 21 heavy (non-hydrogen) atoms. The van der Waals surface area contributed by atoms with Crippen LogP contribution in [0.2, 0.25) is 0 Å². The highest BCUT2D eigenvalue weighted by Crippen LogP contribution is 2.43. The van der Waals surface area contributed by atoms with Crippen LogP contribution in [0, 0.1) is 0 Å². The molecule has 2 N–H and O–H groups in total. The van der Waals surface area contributed by atoms with Crippen molar-refractivity contribution in [2.24, 2.45) is 5.73 Å². The molecule has 110 valence electrons. The van der Waals surface area contributed by atoms with Crippen LogP contribution in [0.15, 0.2) is 42.5 Å². The molecule has 0 aromatic heterocycles. The Balaban J connectivity index is 1.95. The molecule has 0 spiro atoms. The van der Waals surface area contributed by atoms with E-state index in [1.54, 1.807) is 14.2 Å². The molecule has 0 saturated heterocycles. The van der Waals surface area contributed by atoms with Gasteiger partial charge in [-0.25, -0.2) is 0 Å². The molecule has 0 fully saturated rings. The molecular weight excluding hydrogens is 266 g/mol. The topological polar surface area (TPSA) is 53.7 Å². The van der Waals surface area contributed by atoms with Gasteiger partial charge in [-0.15, -0.1) is 0 Å². The first-order chi connectivity index (χ1) is 10.2. The summed E-state index contributed by atoms with van der Waals surface area (Å²) in [7, 11) is 3.31. The van der Waals surface area contributed by atoms with Gasteiger partial charge >= 0.3 is 0 Å². The van der Waals surface area contributed by atoms with E-state index in [1.165, 1.54) is 0 Å². The predicted molar refractivity (Wildman–Crippen MR) is 80.9 cm³/mol. The van der Waals surface area contributed by atoms with Gasteiger partial charge in [-0.3, -0.25) is 0 Å². The second kappa shape index (κ2) is 5.66. The van der Waals surface area contributed by atoms with E-state index in [-0.39, 0.29) is 12.1 Å². The molecule has 1 heterocycles. The van der Waals surface area contributed by atoms with Crippen LogP contribution in [-0.4, -0.2) is 14.2 Å². The summed E-state index contributed by atoms with van der Waals surface area (Å²) in [6.07, 6.45) is 0.609. The maximum absolute atomic E-state index is 6.31. The van der Waals surface area contributed by atoms with Crippen molar-refractivity contribution in [2.45, 2.75) is 18.6 Å². The zero-order valence-electron chi connectivity index (χ0n) is 12.2. The van der Waals surface area contributed by atoms with E-state index >= 15 is 0 Å². The smallest absolute Gasteiger partial charge is 0.129 e. The molecule has 0 saturated carbocycles. The van der Waals surface area contributed by atoms with Gasteiger partial charge in [-0.1, -0.05) is 18.2 Å². The zero-order valence-corrected chi connectivity index (χ0v) is 12.2. The summed E-state index contributed by atoms with van der Waals surface area (Å²) in [5, 5.41) is 0. The van der Waals surface area contributed by atoms with Gasteiger partial charge in [-0.05, 0) is 24.3 Å². The quantitative estimate of drug-likeness (QED) is 0.940. The van der Waals surface area contributed by atoms with Crippen LogP contribution >= 0.6 is 0 Å². The third kappa shape index (κ3) is 2.54. The molecule has 0 radical (unpaired) electrons. The Morgan fingerprint density at radius 2 is 1.86 bits per heavy atom. The summed E-state index contributed by atoms with van der Waals surface area (Å²) < 4.78 is 16.8. The summed E-state index contributed by atoms with van der Waals surface area (Å²) >= 11 is 0. The Hall–Kier alpha value is -2.20. The molecule has 4 heteroatoms. The van der Waals surface area contributed by atoms with Crippen molar-refractivity contribution in [1.82, 2.24) is 0 Å². The second-order valence-electron chi connectivity index (χ2n) is 5.09. The first-order valence-electron chi connectivity index (χ1n) is 6.96. The minimum Gasteiger partial charge on any atom is -0.497 e. The largest absolute Gasteiger partial charge is 0.497 e. The molecule has 2 aromatic carbocycles. The Bertz CT molecular complexity index is 642. The van der Waals surface area contributed by atoms with Gasteiger partial charge in [0.05, 0.1) is 14.2 Å². The van der Waals surface area contributed by atoms with Crippen LogP contribution in [0.25, 0.3) is 0 Å². The summed E-state index contributed by atoms with van der Waals surface area (Å²) in [6, 6.07) is 13.5. The van der Waals surface area contributed by atoms with Crippen LogP contribution in [-0.2, 0) is 0 Å². The number of rotatable bonds is 3. The molecule has 2 atom stereocenters. The molecule has 2 aromatic rings. The maximum Gasteiger partial charge on any atom is 0.129 e. The van der Waals surface area contributed by atoms with Crippen molar-refractivity contribution in [2.75, 3.05) is 14.2 Å². The predicted octanol–water partition coefficient (Wildman–Crippen LogP) is 3.23. The number of benzene rings is 2. The normalized spacial score (nSPS) is 20.3. The number of para-hydroxylation sites is 1. The molecule has 0 aliphatic carbocycles. The number of fused-ring (bicyclic) bond motifs is 1. The lowest BCUT2D eigenvalue weighted by Gasteiger charge is -2.31. The van der Waals surface area contributed by atoms with Gasteiger partial charge in [0.25, 0.3) is 0 Å². The van der Waals surface area contributed by atoms with Crippen LogP contribution in [0.3, 0.4) is 0 Å². The van der Waals surface area contributed by atoms with Crippen molar-refractivity contribution in [3.05, 3.63) is 53.6 Å². The minimum atomic E-state index is -0.1000. The number of ether oxygens (including phenoxy) is 3. The number of hydrogen-bond acceptors (Lipinski definition) is 4. The fraction of sp³-hybridized carbons (Fsp3) is 0.294. The third-order valence-electron chi connectivity index (χ3n) is 3.84. The highest BCUT2D eigenvalue weighted by atomic mass is 16.5. The molecule has 1 aliphatic rings. The fourth-order valence-electron chi connectivity index (χ4n) is 2.73. The van der Waals surface area contributed by atoms with E-state index in [2.05, 4.69) is 0 Å². The van der Waals surface area contributed by atoms with Crippen LogP contribution < -0.4 is 19.9 Å². The molecular formula is C17H19NO3. The molecule has 1 aliphatic heterocycles. The van der Waals surface area contributed by atoms with E-state index in [0.29, 0.717) is 6.42 Å².